The molecule has 4 aliphatic carbocycles. The number of anilines is 1. The first-order chi connectivity index (χ1) is 13.1. The molecule has 4 saturated carbocycles. The van der Waals surface area contributed by atoms with E-state index in [2.05, 4.69) is 34.5 Å². The van der Waals surface area contributed by atoms with Crippen LogP contribution in [0.25, 0.3) is 16.7 Å². The molecule has 0 spiro atoms. The molecular formula is C22H23ClN4. The van der Waals surface area contributed by atoms with Crippen LogP contribution in [0.4, 0.5) is 5.69 Å². The number of hydrogen-bond acceptors (Lipinski definition) is 3. The van der Waals surface area contributed by atoms with E-state index in [1.54, 1.807) is 16.9 Å². The van der Waals surface area contributed by atoms with Crippen LogP contribution in [0.3, 0.4) is 0 Å². The van der Waals surface area contributed by atoms with Crippen molar-refractivity contribution in [3.63, 3.8) is 0 Å². The fraction of sp³-hybridized carbons (Fsp3) is 0.455. The monoisotopic (exact) mass is 378 g/mol. The molecule has 7 rings (SSSR count). The summed E-state index contributed by atoms with van der Waals surface area (Å²) in [7, 11) is 0. The second-order valence-electron chi connectivity index (χ2n) is 9.10. The molecule has 3 aromatic rings. The van der Waals surface area contributed by atoms with Crippen LogP contribution in [-0.4, -0.2) is 15.0 Å². The highest BCUT2D eigenvalue weighted by atomic mass is 35.5. The topological polar surface area (TPSA) is 56.7 Å². The molecule has 0 amide bonds. The van der Waals surface area contributed by atoms with Gasteiger partial charge >= 0.3 is 0 Å². The van der Waals surface area contributed by atoms with Crippen molar-refractivity contribution in [2.75, 3.05) is 5.73 Å². The second kappa shape index (κ2) is 5.48. The third-order valence-corrected chi connectivity index (χ3v) is 7.57. The fourth-order valence-corrected chi connectivity index (χ4v) is 6.64. The quantitative estimate of drug-likeness (QED) is 0.629. The van der Waals surface area contributed by atoms with E-state index in [9.17, 15) is 0 Å². The van der Waals surface area contributed by atoms with E-state index >= 15 is 0 Å². The minimum Gasteiger partial charge on any atom is -0.397 e. The molecular weight excluding hydrogens is 356 g/mol. The number of benzene rings is 2. The average Bonchev–Trinajstić information content (AvgIpc) is 3.04. The second-order valence-corrected chi connectivity index (χ2v) is 9.50. The Balaban J connectivity index is 1.35. The summed E-state index contributed by atoms with van der Waals surface area (Å²) in [4.78, 5) is 1.68. The first kappa shape index (κ1) is 15.9. The Morgan fingerprint density at radius 2 is 1.44 bits per heavy atom. The lowest BCUT2D eigenvalue weighted by Crippen LogP contribution is -2.48. The number of nitrogens with two attached hydrogens (primary N) is 1. The summed E-state index contributed by atoms with van der Waals surface area (Å²) in [5.41, 5.74) is 10.9. The summed E-state index contributed by atoms with van der Waals surface area (Å²) in [6.07, 6.45) is 8.60. The van der Waals surface area contributed by atoms with Gasteiger partial charge < -0.3 is 5.73 Å². The van der Waals surface area contributed by atoms with Gasteiger partial charge in [-0.25, -0.2) is 0 Å². The van der Waals surface area contributed by atoms with Crippen LogP contribution in [0.5, 0.6) is 0 Å². The molecule has 2 N–H and O–H groups in total. The third kappa shape index (κ3) is 2.42. The van der Waals surface area contributed by atoms with Crippen LogP contribution in [0.15, 0.2) is 36.4 Å². The first-order valence-electron chi connectivity index (χ1n) is 10.0. The normalized spacial score (nSPS) is 31.7. The minimum atomic E-state index is 0.428. The van der Waals surface area contributed by atoms with Crippen molar-refractivity contribution >= 4 is 28.3 Å². The van der Waals surface area contributed by atoms with Crippen molar-refractivity contribution in [3.8, 4) is 5.69 Å². The van der Waals surface area contributed by atoms with Crippen molar-refractivity contribution < 1.29 is 0 Å². The van der Waals surface area contributed by atoms with Crippen LogP contribution in [0.1, 0.15) is 44.1 Å². The van der Waals surface area contributed by atoms with Crippen LogP contribution >= 0.6 is 11.6 Å². The molecule has 5 heteroatoms. The Morgan fingerprint density at radius 3 is 2.04 bits per heavy atom. The number of fused-ring (bicyclic) bond motifs is 1. The Kier molecular flexibility index (Phi) is 3.23. The van der Waals surface area contributed by atoms with Gasteiger partial charge in [0.25, 0.3) is 0 Å². The van der Waals surface area contributed by atoms with Gasteiger partial charge in [0.2, 0.25) is 0 Å². The zero-order chi connectivity index (χ0) is 18.2. The number of aromatic nitrogens is 3. The Bertz CT molecular complexity index is 962. The molecule has 0 radical (unpaired) electrons. The maximum Gasteiger partial charge on any atom is 0.115 e. The lowest BCUT2D eigenvalue weighted by molar-refractivity contribution is -0.00518. The standard InChI is InChI=1S/C22H23ClN4/c23-18-8-20-21(9-19(18)24)26-27(25-20)17-3-1-16(2-4-17)22-10-13-5-14(11-22)7-15(6-13)12-22/h1-4,8-9,13-15H,5-7,10-12,24H2. The molecule has 0 atom stereocenters. The van der Waals surface area contributed by atoms with Gasteiger partial charge in [-0.2, -0.15) is 4.80 Å². The van der Waals surface area contributed by atoms with Gasteiger partial charge in [-0.05, 0) is 91.5 Å². The van der Waals surface area contributed by atoms with Gasteiger partial charge in [0, 0.05) is 0 Å². The summed E-state index contributed by atoms with van der Waals surface area (Å²) < 4.78 is 0. The van der Waals surface area contributed by atoms with Gasteiger partial charge in [0.1, 0.15) is 11.0 Å². The Morgan fingerprint density at radius 1 is 0.889 bits per heavy atom. The molecule has 4 bridgehead atoms. The van der Waals surface area contributed by atoms with Crippen LogP contribution in [0.2, 0.25) is 5.02 Å². The molecule has 4 nitrogen and oxygen atoms in total. The van der Waals surface area contributed by atoms with Crippen molar-refractivity contribution in [1.29, 1.82) is 0 Å². The van der Waals surface area contributed by atoms with Crippen molar-refractivity contribution in [3.05, 3.63) is 47.0 Å². The lowest BCUT2D eigenvalue weighted by Gasteiger charge is -2.57. The Hall–Kier alpha value is -2.07. The molecule has 0 unspecified atom stereocenters. The van der Waals surface area contributed by atoms with Gasteiger partial charge in [-0.1, -0.05) is 23.7 Å². The number of hydrogen-bond donors (Lipinski definition) is 1. The van der Waals surface area contributed by atoms with E-state index in [4.69, 9.17) is 17.3 Å². The molecule has 2 aromatic carbocycles. The molecule has 1 heterocycles. The molecule has 138 valence electrons. The predicted octanol–water partition coefficient (Wildman–Crippen LogP) is 5.12. The summed E-state index contributed by atoms with van der Waals surface area (Å²) >= 11 is 6.11. The average molecular weight is 379 g/mol. The van der Waals surface area contributed by atoms with Crippen LogP contribution < -0.4 is 5.73 Å². The van der Waals surface area contributed by atoms with Gasteiger partial charge in [-0.3, -0.25) is 0 Å². The summed E-state index contributed by atoms with van der Waals surface area (Å²) in [6.45, 7) is 0. The van der Waals surface area contributed by atoms with E-state index in [-0.39, 0.29) is 0 Å². The fourth-order valence-electron chi connectivity index (χ4n) is 6.48. The molecule has 27 heavy (non-hydrogen) atoms. The maximum atomic E-state index is 6.11. The van der Waals surface area contributed by atoms with Crippen LogP contribution in [-0.2, 0) is 5.41 Å². The van der Waals surface area contributed by atoms with E-state index < -0.39 is 0 Å². The van der Waals surface area contributed by atoms with Gasteiger partial charge in [0.15, 0.2) is 0 Å². The molecule has 1 aromatic heterocycles. The molecule has 0 aliphatic heterocycles. The van der Waals surface area contributed by atoms with E-state index in [1.807, 2.05) is 0 Å². The number of nitrogen functional groups attached to an aromatic ring is 1. The number of rotatable bonds is 2. The zero-order valence-electron chi connectivity index (χ0n) is 15.2. The van der Waals surface area contributed by atoms with E-state index in [0.717, 1.165) is 34.5 Å². The summed E-state index contributed by atoms with van der Waals surface area (Å²) in [6, 6.07) is 12.5. The van der Waals surface area contributed by atoms with E-state index in [1.165, 1.54) is 44.1 Å². The van der Waals surface area contributed by atoms with Crippen molar-refractivity contribution in [2.24, 2.45) is 17.8 Å². The highest BCUT2D eigenvalue weighted by molar-refractivity contribution is 6.33. The highest BCUT2D eigenvalue weighted by Crippen LogP contribution is 2.60. The first-order valence-corrected chi connectivity index (χ1v) is 10.4. The van der Waals surface area contributed by atoms with Gasteiger partial charge in [-0.15, -0.1) is 10.2 Å². The highest BCUT2D eigenvalue weighted by Gasteiger charge is 2.51. The smallest absolute Gasteiger partial charge is 0.115 e. The maximum absolute atomic E-state index is 6.11. The Labute approximate surface area is 163 Å². The van der Waals surface area contributed by atoms with Gasteiger partial charge in [0.05, 0.1) is 16.4 Å². The van der Waals surface area contributed by atoms with Crippen LogP contribution in [0, 0.1) is 17.8 Å². The summed E-state index contributed by atoms with van der Waals surface area (Å²) in [5, 5.41) is 9.67. The minimum absolute atomic E-state index is 0.428. The lowest BCUT2D eigenvalue weighted by atomic mass is 9.48. The zero-order valence-corrected chi connectivity index (χ0v) is 16.0. The third-order valence-electron chi connectivity index (χ3n) is 7.25. The number of nitrogens with zero attached hydrogens (tertiary/aromatic N) is 3. The predicted molar refractivity (Wildman–Crippen MR) is 108 cm³/mol. The SMILES string of the molecule is Nc1cc2nn(-c3ccc(C45CC6CC(CC(C6)C4)C5)cc3)nc2cc1Cl. The number of halogens is 1. The molecule has 4 fully saturated rings. The molecule has 4 aliphatic rings. The summed E-state index contributed by atoms with van der Waals surface area (Å²) in [5.74, 6) is 2.89. The largest absolute Gasteiger partial charge is 0.397 e. The van der Waals surface area contributed by atoms with Crippen molar-refractivity contribution in [1.82, 2.24) is 15.0 Å². The van der Waals surface area contributed by atoms with E-state index in [0.29, 0.717) is 16.1 Å². The van der Waals surface area contributed by atoms with Crippen molar-refractivity contribution in [2.45, 2.75) is 43.9 Å². The molecule has 0 saturated heterocycles.